The third-order valence-electron chi connectivity index (χ3n) is 3.06. The van der Waals surface area contributed by atoms with Crippen molar-refractivity contribution in [1.82, 2.24) is 14.6 Å². The van der Waals surface area contributed by atoms with Gasteiger partial charge in [-0.05, 0) is 12.5 Å². The molecule has 0 saturated heterocycles. The molecule has 1 amide bonds. The first kappa shape index (κ1) is 14.6. The van der Waals surface area contributed by atoms with Crippen LogP contribution >= 0.6 is 11.8 Å². The smallest absolute Gasteiger partial charge is 0.234 e. The van der Waals surface area contributed by atoms with Gasteiger partial charge in [-0.25, -0.2) is 9.50 Å². The number of aromatic nitrogens is 3. The molecule has 0 saturated carbocycles. The molecule has 0 spiro atoms. The van der Waals surface area contributed by atoms with E-state index in [1.165, 1.54) is 5.56 Å². The summed E-state index contributed by atoms with van der Waals surface area (Å²) in [6.07, 6.45) is 3.42. The summed E-state index contributed by atoms with van der Waals surface area (Å²) in [7, 11) is 0. The SMILES string of the molecule is Cc1cc2ncc(NC(=O)CSCc3ccccc3)cn2n1. The molecule has 0 bridgehead atoms. The molecule has 2 heterocycles. The molecule has 3 aromatic rings. The Morgan fingerprint density at radius 1 is 1.32 bits per heavy atom. The molecule has 0 fully saturated rings. The Morgan fingerprint density at radius 2 is 2.14 bits per heavy atom. The molecule has 0 aliphatic heterocycles. The number of anilines is 1. The van der Waals surface area contributed by atoms with E-state index >= 15 is 0 Å². The lowest BCUT2D eigenvalue weighted by Crippen LogP contribution is -2.15. The van der Waals surface area contributed by atoms with Gasteiger partial charge in [0.05, 0.1) is 29.5 Å². The summed E-state index contributed by atoms with van der Waals surface area (Å²) in [5, 5.41) is 7.13. The van der Waals surface area contributed by atoms with Crippen LogP contribution < -0.4 is 5.32 Å². The molecule has 6 heteroatoms. The van der Waals surface area contributed by atoms with Crippen molar-refractivity contribution in [2.75, 3.05) is 11.1 Å². The topological polar surface area (TPSA) is 59.3 Å². The van der Waals surface area contributed by atoms with Gasteiger partial charge in [0.1, 0.15) is 0 Å². The van der Waals surface area contributed by atoms with Gasteiger partial charge >= 0.3 is 0 Å². The number of hydrogen-bond donors (Lipinski definition) is 1. The lowest BCUT2D eigenvalue weighted by atomic mass is 10.2. The third kappa shape index (κ3) is 3.65. The van der Waals surface area contributed by atoms with E-state index in [0.29, 0.717) is 11.4 Å². The first-order valence-electron chi connectivity index (χ1n) is 6.94. The number of thioether (sulfide) groups is 1. The fourth-order valence-electron chi connectivity index (χ4n) is 2.09. The highest BCUT2D eigenvalue weighted by molar-refractivity contribution is 7.99. The highest BCUT2D eigenvalue weighted by Crippen LogP contribution is 2.13. The van der Waals surface area contributed by atoms with E-state index < -0.39 is 0 Å². The largest absolute Gasteiger partial charge is 0.323 e. The number of amides is 1. The standard InChI is InChI=1S/C16H16N4OS/c1-12-7-15-17-8-14(9-20(15)19-12)18-16(21)11-22-10-13-5-3-2-4-6-13/h2-9H,10-11H2,1H3,(H,18,21). The molecule has 2 aromatic heterocycles. The van der Waals surface area contributed by atoms with Crippen LogP contribution in [0.3, 0.4) is 0 Å². The Bertz CT molecular complexity index is 785. The minimum atomic E-state index is -0.0361. The number of nitrogens with zero attached hydrogens (tertiary/aromatic N) is 3. The molecule has 0 atom stereocenters. The van der Waals surface area contributed by atoms with Gasteiger partial charge in [0, 0.05) is 11.8 Å². The molecular weight excluding hydrogens is 296 g/mol. The Morgan fingerprint density at radius 3 is 2.95 bits per heavy atom. The van der Waals surface area contributed by atoms with E-state index in [4.69, 9.17) is 0 Å². The number of hydrogen-bond acceptors (Lipinski definition) is 4. The number of aryl methyl sites for hydroxylation is 1. The quantitative estimate of drug-likeness (QED) is 0.787. The number of carbonyl (C=O) groups is 1. The second kappa shape index (κ2) is 6.62. The second-order valence-electron chi connectivity index (χ2n) is 4.96. The van der Waals surface area contributed by atoms with Crippen LogP contribution in [0.15, 0.2) is 48.8 Å². The van der Waals surface area contributed by atoms with Crippen molar-refractivity contribution in [3.05, 3.63) is 60.0 Å². The Balaban J connectivity index is 1.54. The van der Waals surface area contributed by atoms with Crippen LogP contribution in [-0.4, -0.2) is 26.3 Å². The molecule has 0 aliphatic carbocycles. The van der Waals surface area contributed by atoms with E-state index in [9.17, 15) is 4.79 Å². The zero-order valence-corrected chi connectivity index (χ0v) is 13.0. The van der Waals surface area contributed by atoms with E-state index in [2.05, 4.69) is 27.5 Å². The second-order valence-corrected chi connectivity index (χ2v) is 5.94. The summed E-state index contributed by atoms with van der Waals surface area (Å²) < 4.78 is 1.67. The summed E-state index contributed by atoms with van der Waals surface area (Å²) in [5.41, 5.74) is 3.54. The van der Waals surface area contributed by atoms with Gasteiger partial charge in [-0.3, -0.25) is 4.79 Å². The Hall–Kier alpha value is -2.34. The van der Waals surface area contributed by atoms with Crippen molar-refractivity contribution < 1.29 is 4.79 Å². The molecule has 0 aliphatic rings. The van der Waals surface area contributed by atoms with Gasteiger partial charge in [0.2, 0.25) is 5.91 Å². The van der Waals surface area contributed by atoms with Gasteiger partial charge in [-0.1, -0.05) is 30.3 Å². The van der Waals surface area contributed by atoms with Crippen molar-refractivity contribution in [2.24, 2.45) is 0 Å². The van der Waals surface area contributed by atoms with E-state index in [-0.39, 0.29) is 5.91 Å². The fourth-order valence-corrected chi connectivity index (χ4v) is 2.88. The van der Waals surface area contributed by atoms with Crippen LogP contribution in [0.1, 0.15) is 11.3 Å². The maximum absolute atomic E-state index is 12.0. The number of nitrogens with one attached hydrogen (secondary N) is 1. The molecule has 22 heavy (non-hydrogen) atoms. The van der Waals surface area contributed by atoms with Gasteiger partial charge < -0.3 is 5.32 Å². The summed E-state index contributed by atoms with van der Waals surface area (Å²) in [4.78, 5) is 16.2. The van der Waals surface area contributed by atoms with Gasteiger partial charge in [0.15, 0.2) is 5.65 Å². The lowest BCUT2D eigenvalue weighted by Gasteiger charge is -2.05. The molecule has 1 N–H and O–H groups in total. The van der Waals surface area contributed by atoms with Crippen LogP contribution in [0.25, 0.3) is 5.65 Å². The molecule has 1 aromatic carbocycles. The van der Waals surface area contributed by atoms with Gasteiger partial charge in [-0.2, -0.15) is 5.10 Å². The summed E-state index contributed by atoms with van der Waals surface area (Å²) in [5.74, 6) is 1.19. The number of benzene rings is 1. The van der Waals surface area contributed by atoms with Crippen molar-refractivity contribution in [3.63, 3.8) is 0 Å². The maximum atomic E-state index is 12.0. The monoisotopic (exact) mass is 312 g/mol. The molecule has 112 valence electrons. The van der Waals surface area contributed by atoms with Crippen LogP contribution in [0.5, 0.6) is 0 Å². The van der Waals surface area contributed by atoms with Crippen molar-refractivity contribution in [3.8, 4) is 0 Å². The fraction of sp³-hybridized carbons (Fsp3) is 0.188. The van der Waals surface area contributed by atoms with E-state index in [1.807, 2.05) is 31.2 Å². The Labute approximate surface area is 132 Å². The van der Waals surface area contributed by atoms with Crippen LogP contribution in [0.4, 0.5) is 5.69 Å². The predicted octanol–water partition coefficient (Wildman–Crippen LogP) is 2.91. The highest BCUT2D eigenvalue weighted by atomic mass is 32.2. The van der Waals surface area contributed by atoms with E-state index in [0.717, 1.165) is 17.1 Å². The number of carbonyl (C=O) groups excluding carboxylic acids is 1. The minimum absolute atomic E-state index is 0.0361. The molecule has 0 unspecified atom stereocenters. The van der Waals surface area contributed by atoms with Crippen molar-refractivity contribution >= 4 is 29.0 Å². The normalized spacial score (nSPS) is 10.8. The highest BCUT2D eigenvalue weighted by Gasteiger charge is 2.05. The van der Waals surface area contributed by atoms with Gasteiger partial charge in [0.25, 0.3) is 0 Å². The average Bonchev–Trinajstić information content (AvgIpc) is 2.87. The first-order chi connectivity index (χ1) is 10.7. The molecule has 5 nitrogen and oxygen atoms in total. The molecular formula is C16H16N4OS. The molecule has 3 rings (SSSR count). The average molecular weight is 312 g/mol. The first-order valence-corrected chi connectivity index (χ1v) is 8.10. The van der Waals surface area contributed by atoms with Crippen LogP contribution in [0.2, 0.25) is 0 Å². The van der Waals surface area contributed by atoms with Crippen LogP contribution in [0, 0.1) is 6.92 Å². The Kier molecular flexibility index (Phi) is 4.39. The lowest BCUT2D eigenvalue weighted by molar-refractivity contribution is -0.113. The molecule has 0 radical (unpaired) electrons. The van der Waals surface area contributed by atoms with Crippen LogP contribution in [-0.2, 0) is 10.5 Å². The number of fused-ring (bicyclic) bond motifs is 1. The zero-order valence-electron chi connectivity index (χ0n) is 12.2. The van der Waals surface area contributed by atoms with E-state index in [1.54, 1.807) is 28.7 Å². The minimum Gasteiger partial charge on any atom is -0.323 e. The van der Waals surface area contributed by atoms with Crippen molar-refractivity contribution in [1.29, 1.82) is 0 Å². The summed E-state index contributed by atoms with van der Waals surface area (Å²) >= 11 is 1.59. The maximum Gasteiger partial charge on any atom is 0.234 e. The number of rotatable bonds is 5. The summed E-state index contributed by atoms with van der Waals surface area (Å²) in [6, 6.07) is 12.0. The third-order valence-corrected chi connectivity index (χ3v) is 4.07. The predicted molar refractivity (Wildman–Crippen MR) is 89.0 cm³/mol. The summed E-state index contributed by atoms with van der Waals surface area (Å²) in [6.45, 7) is 1.91. The zero-order chi connectivity index (χ0) is 15.4. The van der Waals surface area contributed by atoms with Crippen molar-refractivity contribution in [2.45, 2.75) is 12.7 Å². The van der Waals surface area contributed by atoms with Gasteiger partial charge in [-0.15, -0.1) is 11.8 Å².